The average Bonchev–Trinajstić information content (AvgIpc) is 2.77. The van der Waals surface area contributed by atoms with Crippen LogP contribution < -0.4 is 5.73 Å². The standard InChI is InChI=1S/C20H32N2O/c1-6-10-20(11-9-14(2)3)13-16-8-7-15(19(23)22(4)5)12-17(16)18(20)21/h7-8,12,14,18H,6,9-11,13,21H2,1-5H3. The lowest BCUT2D eigenvalue weighted by Crippen LogP contribution is -2.32. The molecule has 2 N–H and O–H groups in total. The van der Waals surface area contributed by atoms with E-state index in [1.54, 1.807) is 19.0 Å². The Morgan fingerprint density at radius 2 is 2.04 bits per heavy atom. The van der Waals surface area contributed by atoms with Gasteiger partial charge in [-0.15, -0.1) is 0 Å². The Labute approximate surface area is 141 Å². The first-order valence-electron chi connectivity index (χ1n) is 8.91. The zero-order valence-electron chi connectivity index (χ0n) is 15.4. The molecule has 0 saturated carbocycles. The van der Waals surface area contributed by atoms with Gasteiger partial charge >= 0.3 is 0 Å². The molecule has 0 aliphatic heterocycles. The second kappa shape index (κ2) is 7.04. The van der Waals surface area contributed by atoms with Gasteiger partial charge in [0.2, 0.25) is 0 Å². The summed E-state index contributed by atoms with van der Waals surface area (Å²) in [6.45, 7) is 6.80. The lowest BCUT2D eigenvalue weighted by atomic mass is 9.72. The summed E-state index contributed by atoms with van der Waals surface area (Å²) in [5, 5.41) is 0. The van der Waals surface area contributed by atoms with Crippen molar-refractivity contribution in [1.29, 1.82) is 0 Å². The molecule has 0 radical (unpaired) electrons. The topological polar surface area (TPSA) is 46.3 Å². The summed E-state index contributed by atoms with van der Waals surface area (Å²) in [6, 6.07) is 6.16. The van der Waals surface area contributed by atoms with Crippen LogP contribution in [0.15, 0.2) is 18.2 Å². The van der Waals surface area contributed by atoms with E-state index in [-0.39, 0.29) is 17.4 Å². The Bertz CT molecular complexity index is 565. The van der Waals surface area contributed by atoms with E-state index in [2.05, 4.69) is 26.8 Å². The van der Waals surface area contributed by atoms with Gasteiger partial charge in [0.05, 0.1) is 0 Å². The van der Waals surface area contributed by atoms with Crippen LogP contribution in [0.25, 0.3) is 0 Å². The molecule has 3 heteroatoms. The van der Waals surface area contributed by atoms with Crippen molar-refractivity contribution < 1.29 is 4.79 Å². The summed E-state index contributed by atoms with van der Waals surface area (Å²) in [5.74, 6) is 0.751. The van der Waals surface area contributed by atoms with E-state index in [9.17, 15) is 4.79 Å². The molecule has 0 heterocycles. The Morgan fingerprint density at radius 1 is 1.35 bits per heavy atom. The van der Waals surface area contributed by atoms with Gasteiger partial charge < -0.3 is 10.6 Å². The Hall–Kier alpha value is -1.35. The number of carbonyl (C=O) groups is 1. The van der Waals surface area contributed by atoms with E-state index >= 15 is 0 Å². The number of amides is 1. The van der Waals surface area contributed by atoms with Crippen molar-refractivity contribution in [2.24, 2.45) is 17.1 Å². The van der Waals surface area contributed by atoms with Gasteiger partial charge in [-0.2, -0.15) is 0 Å². The zero-order chi connectivity index (χ0) is 17.2. The maximum absolute atomic E-state index is 12.2. The first-order valence-corrected chi connectivity index (χ1v) is 8.91. The van der Waals surface area contributed by atoms with E-state index in [1.165, 1.54) is 24.0 Å². The van der Waals surface area contributed by atoms with Gasteiger partial charge in [0.15, 0.2) is 0 Å². The third-order valence-electron chi connectivity index (χ3n) is 5.30. The molecule has 2 atom stereocenters. The van der Waals surface area contributed by atoms with Gasteiger partial charge in [0, 0.05) is 25.7 Å². The van der Waals surface area contributed by atoms with E-state index in [1.807, 2.05) is 12.1 Å². The number of rotatable bonds is 6. The minimum atomic E-state index is 0.0473. The number of carbonyl (C=O) groups excluding carboxylic acids is 1. The largest absolute Gasteiger partial charge is 0.345 e. The lowest BCUT2D eigenvalue weighted by Gasteiger charge is -2.34. The molecule has 0 saturated heterocycles. The molecule has 3 nitrogen and oxygen atoms in total. The number of nitrogens with two attached hydrogens (primary N) is 1. The highest BCUT2D eigenvalue weighted by Crippen LogP contribution is 2.51. The van der Waals surface area contributed by atoms with Crippen LogP contribution in [0.1, 0.15) is 74.0 Å². The van der Waals surface area contributed by atoms with Crippen LogP contribution in [0.2, 0.25) is 0 Å². The summed E-state index contributed by atoms with van der Waals surface area (Å²) < 4.78 is 0. The Balaban J connectivity index is 2.32. The third kappa shape index (κ3) is 3.60. The predicted molar refractivity (Wildman–Crippen MR) is 96.5 cm³/mol. The summed E-state index contributed by atoms with van der Waals surface area (Å²) in [5.41, 5.74) is 10.2. The maximum atomic E-state index is 12.2. The SMILES string of the molecule is CCCC1(CCC(C)C)Cc2ccc(C(=O)N(C)C)cc2C1N. The van der Waals surface area contributed by atoms with Gasteiger partial charge in [-0.25, -0.2) is 0 Å². The fourth-order valence-electron chi connectivity index (χ4n) is 3.94. The maximum Gasteiger partial charge on any atom is 0.253 e. The first-order chi connectivity index (χ1) is 10.8. The summed E-state index contributed by atoms with van der Waals surface area (Å²) >= 11 is 0. The van der Waals surface area contributed by atoms with Crippen molar-refractivity contribution in [3.05, 3.63) is 34.9 Å². The number of nitrogens with zero attached hydrogens (tertiary/aromatic N) is 1. The van der Waals surface area contributed by atoms with Crippen molar-refractivity contribution >= 4 is 5.91 Å². The van der Waals surface area contributed by atoms with Gasteiger partial charge in [0.25, 0.3) is 5.91 Å². The van der Waals surface area contributed by atoms with Crippen molar-refractivity contribution in [2.45, 2.75) is 58.9 Å². The number of fused-ring (bicyclic) bond motifs is 1. The molecule has 2 rings (SSSR count). The minimum absolute atomic E-state index is 0.0473. The summed E-state index contributed by atoms with van der Waals surface area (Å²) in [6.07, 6.45) is 5.76. The lowest BCUT2D eigenvalue weighted by molar-refractivity contribution is 0.0827. The zero-order valence-corrected chi connectivity index (χ0v) is 15.4. The van der Waals surface area contributed by atoms with Crippen molar-refractivity contribution in [3.8, 4) is 0 Å². The highest BCUT2D eigenvalue weighted by molar-refractivity contribution is 5.94. The van der Waals surface area contributed by atoms with E-state index in [0.29, 0.717) is 5.92 Å². The molecule has 0 bridgehead atoms. The molecule has 0 fully saturated rings. The molecule has 128 valence electrons. The van der Waals surface area contributed by atoms with Crippen LogP contribution in [-0.4, -0.2) is 24.9 Å². The minimum Gasteiger partial charge on any atom is -0.345 e. The Kier molecular flexibility index (Phi) is 5.51. The molecular formula is C20H32N2O. The second-order valence-corrected chi connectivity index (χ2v) is 7.81. The highest BCUT2D eigenvalue weighted by Gasteiger charge is 2.43. The molecule has 1 aromatic rings. The third-order valence-corrected chi connectivity index (χ3v) is 5.30. The molecule has 1 aliphatic carbocycles. The van der Waals surface area contributed by atoms with Crippen molar-refractivity contribution in [3.63, 3.8) is 0 Å². The van der Waals surface area contributed by atoms with Gasteiger partial charge in [0.1, 0.15) is 0 Å². The van der Waals surface area contributed by atoms with Gasteiger partial charge in [-0.05, 0) is 53.9 Å². The molecule has 0 spiro atoms. The number of benzene rings is 1. The molecule has 0 aromatic heterocycles. The normalized spacial score (nSPS) is 23.2. The van der Waals surface area contributed by atoms with Crippen molar-refractivity contribution in [2.75, 3.05) is 14.1 Å². The van der Waals surface area contributed by atoms with Crippen LogP contribution in [0.3, 0.4) is 0 Å². The van der Waals surface area contributed by atoms with E-state index in [4.69, 9.17) is 5.73 Å². The van der Waals surface area contributed by atoms with Crippen LogP contribution in [0.4, 0.5) is 0 Å². The fraction of sp³-hybridized carbons (Fsp3) is 0.650. The average molecular weight is 316 g/mol. The highest BCUT2D eigenvalue weighted by atomic mass is 16.2. The van der Waals surface area contributed by atoms with E-state index in [0.717, 1.165) is 24.8 Å². The van der Waals surface area contributed by atoms with Gasteiger partial charge in [-0.1, -0.05) is 39.7 Å². The van der Waals surface area contributed by atoms with Crippen LogP contribution >= 0.6 is 0 Å². The van der Waals surface area contributed by atoms with E-state index < -0.39 is 0 Å². The van der Waals surface area contributed by atoms with Crippen molar-refractivity contribution in [1.82, 2.24) is 4.90 Å². The number of hydrogen-bond donors (Lipinski definition) is 1. The predicted octanol–water partition coefficient (Wildman–Crippen LogP) is 4.17. The molecular weight excluding hydrogens is 284 g/mol. The smallest absolute Gasteiger partial charge is 0.253 e. The second-order valence-electron chi connectivity index (χ2n) is 7.81. The molecule has 1 amide bonds. The number of hydrogen-bond acceptors (Lipinski definition) is 2. The quantitative estimate of drug-likeness (QED) is 0.856. The van der Waals surface area contributed by atoms with Crippen LogP contribution in [0, 0.1) is 11.3 Å². The summed E-state index contributed by atoms with van der Waals surface area (Å²) in [4.78, 5) is 13.9. The first kappa shape index (κ1) is 18.0. The monoisotopic (exact) mass is 316 g/mol. The van der Waals surface area contributed by atoms with Crippen LogP contribution in [-0.2, 0) is 6.42 Å². The fourth-order valence-corrected chi connectivity index (χ4v) is 3.94. The summed E-state index contributed by atoms with van der Waals surface area (Å²) in [7, 11) is 3.58. The Morgan fingerprint density at radius 3 is 2.61 bits per heavy atom. The molecule has 2 unspecified atom stereocenters. The molecule has 1 aromatic carbocycles. The van der Waals surface area contributed by atoms with Gasteiger partial charge in [-0.3, -0.25) is 4.79 Å². The molecule has 23 heavy (non-hydrogen) atoms. The van der Waals surface area contributed by atoms with Crippen LogP contribution in [0.5, 0.6) is 0 Å². The molecule has 1 aliphatic rings.